The summed E-state index contributed by atoms with van der Waals surface area (Å²) in [6.07, 6.45) is 1.68. The molecule has 6 heteroatoms. The van der Waals surface area contributed by atoms with E-state index in [4.69, 9.17) is 0 Å². The van der Waals surface area contributed by atoms with Gasteiger partial charge in [0.2, 0.25) is 5.91 Å². The number of nitrogens with zero attached hydrogens (tertiary/aromatic N) is 2. The summed E-state index contributed by atoms with van der Waals surface area (Å²) in [5.41, 5.74) is 1.35. The third-order valence-electron chi connectivity index (χ3n) is 3.53. The lowest BCUT2D eigenvalue weighted by molar-refractivity contribution is -0.142. The second-order valence-electron chi connectivity index (χ2n) is 5.11. The van der Waals surface area contributed by atoms with Crippen LogP contribution in [-0.4, -0.2) is 26.8 Å². The van der Waals surface area contributed by atoms with Crippen molar-refractivity contribution in [2.75, 3.05) is 0 Å². The van der Waals surface area contributed by atoms with Crippen molar-refractivity contribution in [2.45, 2.75) is 12.6 Å². The van der Waals surface area contributed by atoms with Gasteiger partial charge in [-0.2, -0.15) is 5.10 Å². The summed E-state index contributed by atoms with van der Waals surface area (Å²) in [5.74, 6) is -1.51. The molecule has 0 saturated carbocycles. The zero-order valence-electron chi connectivity index (χ0n) is 12.2. The van der Waals surface area contributed by atoms with Gasteiger partial charge in [0, 0.05) is 5.39 Å². The number of aromatic nitrogens is 2. The second kappa shape index (κ2) is 6.31. The highest BCUT2D eigenvalue weighted by Gasteiger charge is 2.22. The normalized spacial score (nSPS) is 12.0. The van der Waals surface area contributed by atoms with E-state index < -0.39 is 17.9 Å². The Balaban J connectivity index is 1.76. The lowest BCUT2D eigenvalue weighted by Crippen LogP contribution is -2.36. The van der Waals surface area contributed by atoms with Crippen LogP contribution >= 0.6 is 0 Å². The van der Waals surface area contributed by atoms with Crippen molar-refractivity contribution < 1.29 is 14.7 Å². The molecule has 23 heavy (non-hydrogen) atoms. The zero-order chi connectivity index (χ0) is 16.2. The van der Waals surface area contributed by atoms with Gasteiger partial charge in [-0.1, -0.05) is 48.5 Å². The van der Waals surface area contributed by atoms with Gasteiger partial charge in [-0.25, -0.2) is 4.79 Å². The van der Waals surface area contributed by atoms with Crippen molar-refractivity contribution in [3.8, 4) is 0 Å². The molecule has 6 nitrogen and oxygen atoms in total. The van der Waals surface area contributed by atoms with Crippen molar-refractivity contribution in [1.29, 1.82) is 0 Å². The maximum atomic E-state index is 12.2. The minimum absolute atomic E-state index is 0.0376. The third-order valence-corrected chi connectivity index (χ3v) is 3.53. The number of carboxylic acid groups (broad SMARTS) is 1. The fraction of sp³-hybridized carbons (Fsp3) is 0.118. The van der Waals surface area contributed by atoms with Crippen LogP contribution in [0, 0.1) is 0 Å². The number of aliphatic carboxylic acids is 1. The van der Waals surface area contributed by atoms with E-state index in [1.165, 1.54) is 0 Å². The summed E-state index contributed by atoms with van der Waals surface area (Å²) >= 11 is 0. The first-order valence-corrected chi connectivity index (χ1v) is 7.13. The number of carboxylic acids is 1. The first-order valence-electron chi connectivity index (χ1n) is 7.13. The molecule has 0 aliphatic carbocycles. The standard InChI is InChI=1S/C17H15N3O3/c21-15(11-20-14-9-5-4-8-13(14)10-18-20)19-16(17(22)23)12-6-2-1-3-7-12/h1-10,16H,11H2,(H,19,21)(H,22,23). The highest BCUT2D eigenvalue weighted by atomic mass is 16.4. The summed E-state index contributed by atoms with van der Waals surface area (Å²) in [5, 5.41) is 17.0. The Morgan fingerprint density at radius 2 is 1.78 bits per heavy atom. The Hall–Kier alpha value is -3.15. The van der Waals surface area contributed by atoms with E-state index in [9.17, 15) is 14.7 Å². The largest absolute Gasteiger partial charge is 0.479 e. The van der Waals surface area contributed by atoms with Gasteiger partial charge in [-0.05, 0) is 11.6 Å². The fourth-order valence-electron chi connectivity index (χ4n) is 2.43. The number of para-hydroxylation sites is 1. The number of amides is 1. The van der Waals surface area contributed by atoms with Gasteiger partial charge in [0.25, 0.3) is 0 Å². The molecule has 0 aliphatic heterocycles. The minimum Gasteiger partial charge on any atom is -0.479 e. The van der Waals surface area contributed by atoms with E-state index in [-0.39, 0.29) is 6.54 Å². The Labute approximate surface area is 132 Å². The number of carbonyl (C=O) groups is 2. The minimum atomic E-state index is -1.10. The summed E-state index contributed by atoms with van der Waals surface area (Å²) in [4.78, 5) is 23.6. The molecular formula is C17H15N3O3. The van der Waals surface area contributed by atoms with E-state index in [0.717, 1.165) is 10.9 Å². The molecule has 116 valence electrons. The highest BCUT2D eigenvalue weighted by molar-refractivity contribution is 5.86. The van der Waals surface area contributed by atoms with Gasteiger partial charge in [-0.15, -0.1) is 0 Å². The van der Waals surface area contributed by atoms with Crippen LogP contribution in [0.3, 0.4) is 0 Å². The molecule has 0 saturated heterocycles. The van der Waals surface area contributed by atoms with Gasteiger partial charge in [0.1, 0.15) is 6.54 Å². The number of hydrogen-bond donors (Lipinski definition) is 2. The molecule has 1 unspecified atom stereocenters. The molecule has 0 radical (unpaired) electrons. The summed E-state index contributed by atoms with van der Waals surface area (Å²) in [6.45, 7) is -0.0376. The molecule has 1 amide bonds. The molecule has 0 aliphatic rings. The van der Waals surface area contributed by atoms with Crippen LogP contribution < -0.4 is 5.32 Å². The maximum Gasteiger partial charge on any atom is 0.330 e. The average Bonchev–Trinajstić information content (AvgIpc) is 2.96. The van der Waals surface area contributed by atoms with Crippen LogP contribution in [0.2, 0.25) is 0 Å². The van der Waals surface area contributed by atoms with Gasteiger partial charge in [-0.3, -0.25) is 9.48 Å². The predicted molar refractivity (Wildman–Crippen MR) is 84.7 cm³/mol. The maximum absolute atomic E-state index is 12.2. The molecule has 1 heterocycles. The number of rotatable bonds is 5. The molecule has 3 rings (SSSR count). The smallest absolute Gasteiger partial charge is 0.330 e. The van der Waals surface area contributed by atoms with E-state index in [1.807, 2.05) is 24.3 Å². The van der Waals surface area contributed by atoms with Gasteiger partial charge in [0.05, 0.1) is 11.7 Å². The van der Waals surface area contributed by atoms with Crippen LogP contribution in [0.15, 0.2) is 60.8 Å². The van der Waals surface area contributed by atoms with E-state index >= 15 is 0 Å². The first-order chi connectivity index (χ1) is 11.1. The van der Waals surface area contributed by atoms with E-state index in [2.05, 4.69) is 10.4 Å². The molecule has 1 atom stereocenters. The summed E-state index contributed by atoms with van der Waals surface area (Å²) in [7, 11) is 0. The fourth-order valence-corrected chi connectivity index (χ4v) is 2.43. The lowest BCUT2D eigenvalue weighted by atomic mass is 10.1. The number of hydrogen-bond acceptors (Lipinski definition) is 3. The van der Waals surface area contributed by atoms with Gasteiger partial charge < -0.3 is 10.4 Å². The van der Waals surface area contributed by atoms with Crippen LogP contribution in [0.4, 0.5) is 0 Å². The molecule has 0 fully saturated rings. The summed E-state index contributed by atoms with van der Waals surface area (Å²) < 4.78 is 1.55. The van der Waals surface area contributed by atoms with Crippen molar-refractivity contribution in [1.82, 2.24) is 15.1 Å². The van der Waals surface area contributed by atoms with Crippen LogP contribution in [0.5, 0.6) is 0 Å². The van der Waals surface area contributed by atoms with E-state index in [1.54, 1.807) is 41.2 Å². The number of benzene rings is 2. The van der Waals surface area contributed by atoms with Gasteiger partial charge in [0.15, 0.2) is 6.04 Å². The first kappa shape index (κ1) is 14.8. The van der Waals surface area contributed by atoms with Crippen LogP contribution in [-0.2, 0) is 16.1 Å². The predicted octanol–water partition coefficient (Wildman–Crippen LogP) is 1.98. The summed E-state index contributed by atoms with van der Waals surface area (Å²) in [6, 6.07) is 15.0. The lowest BCUT2D eigenvalue weighted by Gasteiger charge is -2.15. The van der Waals surface area contributed by atoms with Crippen LogP contribution in [0.1, 0.15) is 11.6 Å². The number of fused-ring (bicyclic) bond motifs is 1. The van der Waals surface area contributed by atoms with Crippen molar-refractivity contribution >= 4 is 22.8 Å². The van der Waals surface area contributed by atoms with Crippen molar-refractivity contribution in [2.24, 2.45) is 0 Å². The Morgan fingerprint density at radius 1 is 1.09 bits per heavy atom. The molecule has 2 aromatic carbocycles. The molecule has 0 spiro atoms. The number of nitrogens with one attached hydrogen (secondary N) is 1. The SMILES string of the molecule is O=C(Cn1ncc2ccccc21)NC(C(=O)O)c1ccccc1. The highest BCUT2D eigenvalue weighted by Crippen LogP contribution is 2.14. The third kappa shape index (κ3) is 3.21. The Bertz CT molecular complexity index is 842. The molecule has 1 aromatic heterocycles. The molecule has 2 N–H and O–H groups in total. The molecule has 0 bridgehead atoms. The zero-order valence-corrected chi connectivity index (χ0v) is 12.2. The van der Waals surface area contributed by atoms with Crippen molar-refractivity contribution in [3.05, 3.63) is 66.4 Å². The monoisotopic (exact) mass is 309 g/mol. The van der Waals surface area contributed by atoms with Crippen LogP contribution in [0.25, 0.3) is 10.9 Å². The molecular weight excluding hydrogens is 294 g/mol. The topological polar surface area (TPSA) is 84.2 Å². The Morgan fingerprint density at radius 3 is 2.52 bits per heavy atom. The Kier molecular flexibility index (Phi) is 4.05. The quantitative estimate of drug-likeness (QED) is 0.755. The molecule has 3 aromatic rings. The van der Waals surface area contributed by atoms with Gasteiger partial charge >= 0.3 is 5.97 Å². The van der Waals surface area contributed by atoms with Crippen molar-refractivity contribution in [3.63, 3.8) is 0 Å². The second-order valence-corrected chi connectivity index (χ2v) is 5.11. The van der Waals surface area contributed by atoms with E-state index in [0.29, 0.717) is 5.56 Å². The average molecular weight is 309 g/mol. The number of carbonyl (C=O) groups excluding carboxylic acids is 1.